The van der Waals surface area contributed by atoms with Gasteiger partial charge in [0.1, 0.15) is 0 Å². The van der Waals surface area contributed by atoms with E-state index in [1.165, 1.54) is 34.6 Å². The van der Waals surface area contributed by atoms with Crippen LogP contribution in [0.4, 0.5) is 0 Å². The van der Waals surface area contributed by atoms with Crippen molar-refractivity contribution in [1.29, 1.82) is 0 Å². The SMILES string of the molecule is Clc1ccc(Sc2ccccc2[C@H](C2CCC2)N2CCNCC2)cc1. The molecule has 1 saturated carbocycles. The summed E-state index contributed by atoms with van der Waals surface area (Å²) in [7, 11) is 0. The lowest BCUT2D eigenvalue weighted by atomic mass is 9.76. The Hall–Kier alpha value is -1.00. The Morgan fingerprint density at radius 1 is 1.00 bits per heavy atom. The van der Waals surface area contributed by atoms with Gasteiger partial charge in [0.15, 0.2) is 0 Å². The number of benzene rings is 2. The molecule has 0 aromatic heterocycles. The summed E-state index contributed by atoms with van der Waals surface area (Å²) >= 11 is 7.91. The van der Waals surface area contributed by atoms with Gasteiger partial charge in [-0.15, -0.1) is 0 Å². The molecule has 0 unspecified atom stereocenters. The molecule has 4 heteroatoms. The van der Waals surface area contributed by atoms with Crippen LogP contribution >= 0.6 is 23.4 Å². The zero-order valence-electron chi connectivity index (χ0n) is 14.5. The maximum atomic E-state index is 6.04. The molecule has 132 valence electrons. The van der Waals surface area contributed by atoms with Crippen molar-refractivity contribution >= 4 is 23.4 Å². The number of hydrogen-bond acceptors (Lipinski definition) is 3. The molecule has 2 aliphatic rings. The molecule has 1 atom stereocenters. The second-order valence-electron chi connectivity index (χ2n) is 7.02. The highest BCUT2D eigenvalue weighted by Gasteiger charge is 2.34. The van der Waals surface area contributed by atoms with Crippen molar-refractivity contribution in [3.8, 4) is 0 Å². The zero-order valence-corrected chi connectivity index (χ0v) is 16.0. The molecule has 25 heavy (non-hydrogen) atoms. The summed E-state index contributed by atoms with van der Waals surface area (Å²) in [6.07, 6.45) is 4.13. The molecule has 2 fully saturated rings. The van der Waals surface area contributed by atoms with Crippen LogP contribution in [0.5, 0.6) is 0 Å². The van der Waals surface area contributed by atoms with Gasteiger partial charge in [-0.2, -0.15) is 0 Å². The van der Waals surface area contributed by atoms with Gasteiger partial charge in [0, 0.05) is 47.0 Å². The maximum absolute atomic E-state index is 6.04. The third-order valence-electron chi connectivity index (χ3n) is 5.42. The molecule has 1 aliphatic heterocycles. The van der Waals surface area contributed by atoms with Crippen molar-refractivity contribution < 1.29 is 0 Å². The standard InChI is InChI=1S/C21H25ClN2S/c22-17-8-10-18(11-9-17)25-20-7-2-1-6-19(20)21(16-4-3-5-16)24-14-12-23-13-15-24/h1-2,6-11,16,21,23H,3-5,12-15H2/t21-/m0/s1. The van der Waals surface area contributed by atoms with Crippen molar-refractivity contribution in [2.75, 3.05) is 26.2 Å². The quantitative estimate of drug-likeness (QED) is 0.772. The molecule has 0 bridgehead atoms. The maximum Gasteiger partial charge on any atom is 0.0406 e. The van der Waals surface area contributed by atoms with Crippen LogP contribution in [0, 0.1) is 5.92 Å². The average molecular weight is 373 g/mol. The molecule has 1 saturated heterocycles. The molecule has 2 nitrogen and oxygen atoms in total. The van der Waals surface area contributed by atoms with Crippen LogP contribution in [0.1, 0.15) is 30.9 Å². The minimum absolute atomic E-state index is 0.562. The second kappa shape index (κ2) is 8.13. The van der Waals surface area contributed by atoms with E-state index in [9.17, 15) is 0 Å². The third-order valence-corrected chi connectivity index (χ3v) is 6.77. The van der Waals surface area contributed by atoms with E-state index in [4.69, 9.17) is 11.6 Å². The van der Waals surface area contributed by atoms with Gasteiger partial charge in [-0.1, -0.05) is 48.0 Å². The van der Waals surface area contributed by atoms with Gasteiger partial charge in [0.2, 0.25) is 0 Å². The first-order valence-electron chi connectivity index (χ1n) is 9.28. The molecule has 1 N–H and O–H groups in total. The number of hydrogen-bond donors (Lipinski definition) is 1. The molecule has 0 amide bonds. The van der Waals surface area contributed by atoms with Crippen LogP contribution in [-0.2, 0) is 0 Å². The fourth-order valence-electron chi connectivity index (χ4n) is 3.91. The van der Waals surface area contributed by atoms with E-state index in [1.54, 1.807) is 0 Å². The lowest BCUT2D eigenvalue weighted by Gasteiger charge is -2.43. The number of nitrogens with zero attached hydrogens (tertiary/aromatic N) is 1. The van der Waals surface area contributed by atoms with Crippen LogP contribution in [0.25, 0.3) is 0 Å². The van der Waals surface area contributed by atoms with Gasteiger partial charge in [-0.25, -0.2) is 0 Å². The van der Waals surface area contributed by atoms with Crippen molar-refractivity contribution in [2.24, 2.45) is 5.92 Å². The summed E-state index contributed by atoms with van der Waals surface area (Å²) in [4.78, 5) is 5.35. The van der Waals surface area contributed by atoms with E-state index in [-0.39, 0.29) is 0 Å². The predicted molar refractivity (Wildman–Crippen MR) is 107 cm³/mol. The van der Waals surface area contributed by atoms with Crippen LogP contribution in [0.2, 0.25) is 5.02 Å². The fourth-order valence-corrected chi connectivity index (χ4v) is 5.02. The van der Waals surface area contributed by atoms with Crippen LogP contribution in [-0.4, -0.2) is 31.1 Å². The lowest BCUT2D eigenvalue weighted by Crippen LogP contribution is -2.48. The van der Waals surface area contributed by atoms with Crippen molar-refractivity contribution in [3.63, 3.8) is 0 Å². The summed E-state index contributed by atoms with van der Waals surface area (Å²) in [5.41, 5.74) is 1.51. The summed E-state index contributed by atoms with van der Waals surface area (Å²) in [6, 6.07) is 17.8. The Kier molecular flexibility index (Phi) is 5.66. The van der Waals surface area contributed by atoms with Crippen LogP contribution < -0.4 is 5.32 Å². The van der Waals surface area contributed by atoms with Crippen LogP contribution in [0.3, 0.4) is 0 Å². The van der Waals surface area contributed by atoms with Crippen molar-refractivity contribution in [3.05, 3.63) is 59.1 Å². The Balaban J connectivity index is 1.63. The molecular weight excluding hydrogens is 348 g/mol. The number of rotatable bonds is 5. The second-order valence-corrected chi connectivity index (χ2v) is 8.57. The highest BCUT2D eigenvalue weighted by molar-refractivity contribution is 7.99. The Morgan fingerprint density at radius 2 is 1.72 bits per heavy atom. The minimum Gasteiger partial charge on any atom is -0.314 e. The van der Waals surface area contributed by atoms with Gasteiger partial charge in [0.05, 0.1) is 0 Å². The first-order chi connectivity index (χ1) is 12.3. The summed E-state index contributed by atoms with van der Waals surface area (Å²) < 4.78 is 0. The number of piperazine rings is 1. The highest BCUT2D eigenvalue weighted by Crippen LogP contribution is 2.45. The van der Waals surface area contributed by atoms with E-state index >= 15 is 0 Å². The molecule has 4 rings (SSSR count). The van der Waals surface area contributed by atoms with Gasteiger partial charge in [0.25, 0.3) is 0 Å². The van der Waals surface area contributed by atoms with Crippen molar-refractivity contribution in [2.45, 2.75) is 35.1 Å². The highest BCUT2D eigenvalue weighted by atomic mass is 35.5. The number of nitrogens with one attached hydrogen (secondary N) is 1. The average Bonchev–Trinajstić information content (AvgIpc) is 2.61. The summed E-state index contributed by atoms with van der Waals surface area (Å²) in [6.45, 7) is 4.52. The van der Waals surface area contributed by atoms with Crippen LogP contribution in [0.15, 0.2) is 58.3 Å². The zero-order chi connectivity index (χ0) is 17.1. The van der Waals surface area contributed by atoms with Gasteiger partial charge in [-0.3, -0.25) is 4.90 Å². The largest absolute Gasteiger partial charge is 0.314 e. The van der Waals surface area contributed by atoms with Gasteiger partial charge < -0.3 is 5.32 Å². The van der Waals surface area contributed by atoms with E-state index < -0.39 is 0 Å². The van der Waals surface area contributed by atoms with Gasteiger partial charge >= 0.3 is 0 Å². The Labute approximate surface area is 159 Å². The van der Waals surface area contributed by atoms with E-state index in [0.717, 1.165) is 37.1 Å². The Bertz CT molecular complexity index is 693. The molecular formula is C21H25ClN2S. The van der Waals surface area contributed by atoms with E-state index in [2.05, 4.69) is 46.6 Å². The fraction of sp³-hybridized carbons (Fsp3) is 0.429. The lowest BCUT2D eigenvalue weighted by molar-refractivity contribution is 0.0820. The van der Waals surface area contributed by atoms with Crippen molar-refractivity contribution in [1.82, 2.24) is 10.2 Å². The molecule has 0 spiro atoms. The predicted octanol–water partition coefficient (Wildman–Crippen LogP) is 5.24. The van der Waals surface area contributed by atoms with E-state index in [0.29, 0.717) is 6.04 Å². The topological polar surface area (TPSA) is 15.3 Å². The first kappa shape index (κ1) is 17.4. The molecule has 0 radical (unpaired) electrons. The number of halogens is 1. The summed E-state index contributed by atoms with van der Waals surface area (Å²) in [5.74, 6) is 0.810. The minimum atomic E-state index is 0.562. The Morgan fingerprint density at radius 3 is 2.40 bits per heavy atom. The molecule has 1 aliphatic carbocycles. The molecule has 2 aromatic rings. The summed E-state index contributed by atoms with van der Waals surface area (Å²) in [5, 5.41) is 4.29. The smallest absolute Gasteiger partial charge is 0.0406 e. The monoisotopic (exact) mass is 372 g/mol. The van der Waals surface area contributed by atoms with E-state index in [1.807, 2.05) is 23.9 Å². The van der Waals surface area contributed by atoms with Gasteiger partial charge in [-0.05, 0) is 54.7 Å². The molecule has 2 aromatic carbocycles. The first-order valence-corrected chi connectivity index (χ1v) is 10.5. The normalized spacial score (nSPS) is 20.2. The molecule has 1 heterocycles. The third kappa shape index (κ3) is 4.06.